The molecule has 3 aromatic rings. The molecule has 0 aliphatic heterocycles. The largest absolute Gasteiger partial charge is 0.398 e. The molecule has 1 amide bonds. The Bertz CT molecular complexity index is 778. The van der Waals surface area contributed by atoms with Gasteiger partial charge >= 0.3 is 0 Å². The summed E-state index contributed by atoms with van der Waals surface area (Å²) in [7, 11) is 0. The average Bonchev–Trinajstić information content (AvgIpc) is 2.48. The van der Waals surface area contributed by atoms with Crippen LogP contribution in [0, 0.1) is 0 Å². The Morgan fingerprint density at radius 1 is 1.05 bits per heavy atom. The average molecular weight is 263 g/mol. The standard InChI is InChI=1S/C16H13N3O/c17-14-6-2-1-5-12(14)16(20)19-15-7-3-4-11-8-9-18-10-13(11)15/h1-10H,17H2,(H,19,20). The smallest absolute Gasteiger partial charge is 0.257 e. The highest BCUT2D eigenvalue weighted by molar-refractivity contribution is 6.11. The number of carbonyl (C=O) groups excluding carboxylic acids is 1. The van der Waals surface area contributed by atoms with E-state index in [1.807, 2.05) is 24.3 Å². The first-order chi connectivity index (χ1) is 9.75. The molecule has 0 saturated carbocycles. The van der Waals surface area contributed by atoms with Crippen LogP contribution in [0.4, 0.5) is 11.4 Å². The van der Waals surface area contributed by atoms with Crippen LogP contribution in [0.1, 0.15) is 10.4 Å². The number of rotatable bonds is 2. The molecule has 98 valence electrons. The number of aromatic nitrogens is 1. The molecule has 3 rings (SSSR count). The molecule has 0 aliphatic carbocycles. The lowest BCUT2D eigenvalue weighted by molar-refractivity contribution is 0.102. The van der Waals surface area contributed by atoms with Crippen LogP contribution in [-0.2, 0) is 0 Å². The van der Waals surface area contributed by atoms with Gasteiger partial charge in [0, 0.05) is 23.5 Å². The second kappa shape index (κ2) is 5.01. The van der Waals surface area contributed by atoms with Gasteiger partial charge in [-0.25, -0.2) is 0 Å². The third-order valence-electron chi connectivity index (χ3n) is 3.14. The van der Waals surface area contributed by atoms with Crippen LogP contribution in [0.3, 0.4) is 0 Å². The zero-order chi connectivity index (χ0) is 13.9. The summed E-state index contributed by atoms with van der Waals surface area (Å²) in [6.45, 7) is 0. The molecule has 0 aliphatic rings. The Morgan fingerprint density at radius 2 is 1.90 bits per heavy atom. The Balaban J connectivity index is 1.98. The number of carbonyl (C=O) groups is 1. The number of benzene rings is 2. The van der Waals surface area contributed by atoms with E-state index in [2.05, 4.69) is 10.3 Å². The number of anilines is 2. The third-order valence-corrected chi connectivity index (χ3v) is 3.14. The van der Waals surface area contributed by atoms with Gasteiger partial charge in [-0.05, 0) is 29.7 Å². The van der Waals surface area contributed by atoms with Gasteiger partial charge in [-0.15, -0.1) is 0 Å². The first-order valence-electron chi connectivity index (χ1n) is 6.24. The van der Waals surface area contributed by atoms with Crippen LogP contribution >= 0.6 is 0 Å². The Labute approximate surface area is 116 Å². The van der Waals surface area contributed by atoms with Crippen LogP contribution in [0.2, 0.25) is 0 Å². The lowest BCUT2D eigenvalue weighted by Crippen LogP contribution is -2.14. The molecule has 2 aromatic carbocycles. The molecule has 20 heavy (non-hydrogen) atoms. The van der Waals surface area contributed by atoms with E-state index in [0.29, 0.717) is 11.3 Å². The van der Waals surface area contributed by atoms with Crippen LogP contribution in [-0.4, -0.2) is 10.9 Å². The lowest BCUT2D eigenvalue weighted by Gasteiger charge is -2.09. The zero-order valence-electron chi connectivity index (χ0n) is 10.7. The van der Waals surface area contributed by atoms with Gasteiger partial charge in [-0.1, -0.05) is 24.3 Å². The van der Waals surface area contributed by atoms with E-state index < -0.39 is 0 Å². The summed E-state index contributed by atoms with van der Waals surface area (Å²) in [6.07, 6.45) is 3.46. The SMILES string of the molecule is Nc1ccccc1C(=O)Nc1cccc2ccncc12. The van der Waals surface area contributed by atoms with Gasteiger partial charge in [0.25, 0.3) is 5.91 Å². The number of pyridine rings is 1. The van der Waals surface area contributed by atoms with Crippen molar-refractivity contribution in [2.24, 2.45) is 0 Å². The highest BCUT2D eigenvalue weighted by Gasteiger charge is 2.10. The minimum Gasteiger partial charge on any atom is -0.398 e. The minimum absolute atomic E-state index is 0.223. The fourth-order valence-corrected chi connectivity index (χ4v) is 2.12. The van der Waals surface area contributed by atoms with Crippen LogP contribution < -0.4 is 11.1 Å². The molecular weight excluding hydrogens is 250 g/mol. The molecule has 0 saturated heterocycles. The maximum Gasteiger partial charge on any atom is 0.257 e. The molecular formula is C16H13N3O. The zero-order valence-corrected chi connectivity index (χ0v) is 10.7. The van der Waals surface area contributed by atoms with Crippen molar-refractivity contribution in [3.8, 4) is 0 Å². The summed E-state index contributed by atoms with van der Waals surface area (Å²) in [6, 6.07) is 14.6. The molecule has 1 aromatic heterocycles. The number of amides is 1. The molecule has 0 spiro atoms. The second-order valence-corrected chi connectivity index (χ2v) is 4.44. The van der Waals surface area contributed by atoms with Crippen molar-refractivity contribution in [1.82, 2.24) is 4.98 Å². The highest BCUT2D eigenvalue weighted by Crippen LogP contribution is 2.23. The highest BCUT2D eigenvalue weighted by atomic mass is 16.1. The fourth-order valence-electron chi connectivity index (χ4n) is 2.12. The van der Waals surface area contributed by atoms with Crippen molar-refractivity contribution in [2.45, 2.75) is 0 Å². The van der Waals surface area contributed by atoms with Gasteiger partial charge in [-0.3, -0.25) is 9.78 Å². The van der Waals surface area contributed by atoms with E-state index in [-0.39, 0.29) is 5.91 Å². The quantitative estimate of drug-likeness (QED) is 0.698. The summed E-state index contributed by atoms with van der Waals surface area (Å²) < 4.78 is 0. The Morgan fingerprint density at radius 3 is 2.75 bits per heavy atom. The lowest BCUT2D eigenvalue weighted by atomic mass is 10.1. The first kappa shape index (κ1) is 12.2. The number of nitrogen functional groups attached to an aromatic ring is 1. The maximum absolute atomic E-state index is 12.3. The summed E-state index contributed by atoms with van der Waals surface area (Å²) in [5.41, 5.74) is 7.47. The van der Waals surface area contributed by atoms with Crippen LogP contribution in [0.25, 0.3) is 10.8 Å². The molecule has 0 bridgehead atoms. The molecule has 4 heteroatoms. The number of nitrogens with zero attached hydrogens (tertiary/aromatic N) is 1. The summed E-state index contributed by atoms with van der Waals surface area (Å²) in [4.78, 5) is 16.4. The molecule has 4 nitrogen and oxygen atoms in total. The summed E-state index contributed by atoms with van der Waals surface area (Å²) in [5, 5.41) is 4.81. The molecule has 3 N–H and O–H groups in total. The maximum atomic E-state index is 12.3. The third kappa shape index (κ3) is 2.19. The number of para-hydroxylation sites is 1. The summed E-state index contributed by atoms with van der Waals surface area (Å²) >= 11 is 0. The normalized spacial score (nSPS) is 10.4. The van der Waals surface area contributed by atoms with Gasteiger partial charge in [0.2, 0.25) is 0 Å². The predicted octanol–water partition coefficient (Wildman–Crippen LogP) is 3.07. The number of fused-ring (bicyclic) bond motifs is 1. The Kier molecular flexibility index (Phi) is 3.05. The van der Waals surface area contributed by atoms with Gasteiger partial charge in [0.1, 0.15) is 0 Å². The van der Waals surface area contributed by atoms with E-state index in [1.165, 1.54) is 0 Å². The van der Waals surface area contributed by atoms with E-state index in [4.69, 9.17) is 5.73 Å². The number of nitrogens with one attached hydrogen (secondary N) is 1. The molecule has 0 unspecified atom stereocenters. The molecule has 0 fully saturated rings. The van der Waals surface area contributed by atoms with Gasteiger partial charge in [-0.2, -0.15) is 0 Å². The van der Waals surface area contributed by atoms with Gasteiger partial charge < -0.3 is 11.1 Å². The topological polar surface area (TPSA) is 68.0 Å². The number of hydrogen-bond acceptors (Lipinski definition) is 3. The van der Waals surface area contributed by atoms with Crippen molar-refractivity contribution >= 4 is 28.1 Å². The van der Waals surface area contributed by atoms with Crippen LogP contribution in [0.5, 0.6) is 0 Å². The van der Waals surface area contributed by atoms with Crippen molar-refractivity contribution in [2.75, 3.05) is 11.1 Å². The van der Waals surface area contributed by atoms with Crippen molar-refractivity contribution in [3.05, 3.63) is 66.5 Å². The van der Waals surface area contributed by atoms with Gasteiger partial charge in [0.15, 0.2) is 0 Å². The van der Waals surface area contributed by atoms with Crippen molar-refractivity contribution in [1.29, 1.82) is 0 Å². The van der Waals surface area contributed by atoms with Crippen LogP contribution in [0.15, 0.2) is 60.9 Å². The fraction of sp³-hybridized carbons (Fsp3) is 0. The molecule has 1 heterocycles. The second-order valence-electron chi connectivity index (χ2n) is 4.44. The van der Waals surface area contributed by atoms with E-state index in [9.17, 15) is 4.79 Å². The number of nitrogens with two attached hydrogens (primary N) is 1. The van der Waals surface area contributed by atoms with Crippen molar-refractivity contribution < 1.29 is 4.79 Å². The molecule has 0 atom stereocenters. The van der Waals surface area contributed by atoms with E-state index in [0.717, 1.165) is 16.5 Å². The first-order valence-corrected chi connectivity index (χ1v) is 6.24. The van der Waals surface area contributed by atoms with Gasteiger partial charge in [0.05, 0.1) is 11.3 Å². The minimum atomic E-state index is -0.223. The Hall–Kier alpha value is -2.88. The predicted molar refractivity (Wildman–Crippen MR) is 80.6 cm³/mol. The monoisotopic (exact) mass is 263 g/mol. The van der Waals surface area contributed by atoms with E-state index in [1.54, 1.807) is 36.7 Å². The summed E-state index contributed by atoms with van der Waals surface area (Å²) in [5.74, 6) is -0.223. The molecule has 0 radical (unpaired) electrons. The number of hydrogen-bond donors (Lipinski definition) is 2. The van der Waals surface area contributed by atoms with Crippen molar-refractivity contribution in [3.63, 3.8) is 0 Å². The van der Waals surface area contributed by atoms with E-state index >= 15 is 0 Å².